The number of aliphatic hydroxyl groups excluding tert-OH is 1. The Morgan fingerprint density at radius 2 is 2.19 bits per heavy atom. The molecule has 1 amide bonds. The molecular weight excluding hydrogens is 350 g/mol. The third kappa shape index (κ3) is 5.31. The van der Waals surface area contributed by atoms with Gasteiger partial charge < -0.3 is 10.4 Å². The van der Waals surface area contributed by atoms with Gasteiger partial charge in [-0.2, -0.15) is 0 Å². The summed E-state index contributed by atoms with van der Waals surface area (Å²) in [5, 5.41) is 12.8. The molecule has 2 unspecified atom stereocenters. The third-order valence-corrected chi connectivity index (χ3v) is 5.59. The molecule has 0 aliphatic heterocycles. The number of halogens is 1. The molecule has 21 heavy (non-hydrogen) atoms. The molecule has 2 atom stereocenters. The molecule has 0 bridgehead atoms. The van der Waals surface area contributed by atoms with Crippen LogP contribution in [0.3, 0.4) is 0 Å². The van der Waals surface area contributed by atoms with Gasteiger partial charge in [0.05, 0.1) is 11.9 Å². The molecule has 1 aromatic rings. The lowest BCUT2D eigenvalue weighted by molar-refractivity contribution is -0.119. The van der Waals surface area contributed by atoms with E-state index in [1.165, 1.54) is 5.56 Å². The Balaban J connectivity index is 1.74. The monoisotopic (exact) mass is 371 g/mol. The van der Waals surface area contributed by atoms with Gasteiger partial charge in [-0.25, -0.2) is 0 Å². The first-order valence-electron chi connectivity index (χ1n) is 7.40. The number of aliphatic hydroxyl groups is 1. The number of hydrogen-bond donors (Lipinski definition) is 2. The summed E-state index contributed by atoms with van der Waals surface area (Å²) in [7, 11) is 0. The maximum Gasteiger partial charge on any atom is 0.230 e. The summed E-state index contributed by atoms with van der Waals surface area (Å²) in [4.78, 5) is 13.1. The molecule has 2 rings (SSSR count). The standard InChI is InChI=1S/C16H22BrNO2S/c1-11-8-13(17)6-7-15(11)21-10-16(20)18-9-12-4-2-3-5-14(12)19/h6-8,12,14,19H,2-5,9-10H2,1H3,(H,18,20). The van der Waals surface area contributed by atoms with Crippen LogP contribution in [-0.4, -0.2) is 29.4 Å². The van der Waals surface area contributed by atoms with Gasteiger partial charge in [-0.1, -0.05) is 28.8 Å². The molecule has 1 aliphatic carbocycles. The van der Waals surface area contributed by atoms with Crippen molar-refractivity contribution >= 4 is 33.6 Å². The first-order valence-corrected chi connectivity index (χ1v) is 9.18. The Labute approximate surface area is 139 Å². The highest BCUT2D eigenvalue weighted by atomic mass is 79.9. The average molecular weight is 372 g/mol. The summed E-state index contributed by atoms with van der Waals surface area (Å²) in [5.41, 5.74) is 1.17. The van der Waals surface area contributed by atoms with Gasteiger partial charge >= 0.3 is 0 Å². The molecule has 116 valence electrons. The molecule has 1 aliphatic rings. The third-order valence-electron chi connectivity index (χ3n) is 3.93. The lowest BCUT2D eigenvalue weighted by Crippen LogP contribution is -2.37. The van der Waals surface area contributed by atoms with Gasteiger partial charge in [0.25, 0.3) is 0 Å². The van der Waals surface area contributed by atoms with Crippen LogP contribution in [0.4, 0.5) is 0 Å². The zero-order chi connectivity index (χ0) is 15.2. The van der Waals surface area contributed by atoms with Crippen LogP contribution in [0.5, 0.6) is 0 Å². The van der Waals surface area contributed by atoms with Crippen molar-refractivity contribution in [3.63, 3.8) is 0 Å². The van der Waals surface area contributed by atoms with E-state index in [0.717, 1.165) is 35.1 Å². The summed E-state index contributed by atoms with van der Waals surface area (Å²) in [5.74, 6) is 0.688. The SMILES string of the molecule is Cc1cc(Br)ccc1SCC(=O)NCC1CCCCC1O. The van der Waals surface area contributed by atoms with E-state index in [2.05, 4.69) is 27.3 Å². The number of thioether (sulfide) groups is 1. The maximum absolute atomic E-state index is 11.9. The number of hydrogen-bond acceptors (Lipinski definition) is 3. The molecule has 1 aromatic carbocycles. The van der Waals surface area contributed by atoms with E-state index in [4.69, 9.17) is 0 Å². The lowest BCUT2D eigenvalue weighted by Gasteiger charge is -2.27. The number of benzene rings is 1. The summed E-state index contributed by atoms with van der Waals surface area (Å²) in [6.07, 6.45) is 3.89. The molecule has 1 fully saturated rings. The van der Waals surface area contributed by atoms with Crippen LogP contribution in [-0.2, 0) is 4.79 Å². The van der Waals surface area contributed by atoms with E-state index in [1.54, 1.807) is 11.8 Å². The van der Waals surface area contributed by atoms with Gasteiger partial charge in [0.15, 0.2) is 0 Å². The quantitative estimate of drug-likeness (QED) is 0.778. The molecule has 0 radical (unpaired) electrons. The molecule has 0 saturated heterocycles. The summed E-state index contributed by atoms with van der Waals surface area (Å²) in [6, 6.07) is 6.08. The minimum Gasteiger partial charge on any atom is -0.393 e. The zero-order valence-electron chi connectivity index (χ0n) is 12.3. The van der Waals surface area contributed by atoms with Crippen molar-refractivity contribution in [2.75, 3.05) is 12.3 Å². The number of rotatable bonds is 5. The minimum atomic E-state index is -0.250. The Kier molecular flexibility index (Phi) is 6.58. The Morgan fingerprint density at radius 1 is 1.43 bits per heavy atom. The van der Waals surface area contributed by atoms with E-state index in [-0.39, 0.29) is 17.9 Å². The van der Waals surface area contributed by atoms with Crippen molar-refractivity contribution in [2.45, 2.75) is 43.6 Å². The second kappa shape index (κ2) is 8.20. The lowest BCUT2D eigenvalue weighted by atomic mass is 9.86. The van der Waals surface area contributed by atoms with Crippen molar-refractivity contribution in [1.82, 2.24) is 5.32 Å². The molecule has 0 aromatic heterocycles. The van der Waals surface area contributed by atoms with E-state index in [9.17, 15) is 9.90 Å². The Bertz CT molecular complexity index is 495. The van der Waals surface area contributed by atoms with E-state index < -0.39 is 0 Å². The topological polar surface area (TPSA) is 49.3 Å². The summed E-state index contributed by atoms with van der Waals surface area (Å²) in [6.45, 7) is 2.64. The van der Waals surface area contributed by atoms with Gasteiger partial charge in [0.2, 0.25) is 5.91 Å². The second-order valence-corrected chi connectivity index (χ2v) is 7.55. The predicted molar refractivity (Wildman–Crippen MR) is 90.6 cm³/mol. The molecule has 3 nitrogen and oxygen atoms in total. The number of carbonyl (C=O) groups is 1. The highest BCUT2D eigenvalue weighted by molar-refractivity contribution is 9.10. The van der Waals surface area contributed by atoms with Gasteiger partial charge in [-0.3, -0.25) is 4.79 Å². The van der Waals surface area contributed by atoms with Gasteiger partial charge in [0.1, 0.15) is 0 Å². The molecular formula is C16H22BrNO2S. The Hall–Kier alpha value is -0.520. The number of carbonyl (C=O) groups excluding carboxylic acids is 1. The normalized spacial score (nSPS) is 22.0. The maximum atomic E-state index is 11.9. The predicted octanol–water partition coefficient (Wildman–Crippen LogP) is 3.52. The Morgan fingerprint density at radius 3 is 2.90 bits per heavy atom. The van der Waals surface area contributed by atoms with Crippen molar-refractivity contribution < 1.29 is 9.90 Å². The first-order chi connectivity index (χ1) is 10.1. The molecule has 5 heteroatoms. The van der Waals surface area contributed by atoms with E-state index in [0.29, 0.717) is 12.3 Å². The second-order valence-electron chi connectivity index (χ2n) is 5.61. The molecule has 0 spiro atoms. The first kappa shape index (κ1) is 16.8. The highest BCUT2D eigenvalue weighted by Gasteiger charge is 2.23. The largest absolute Gasteiger partial charge is 0.393 e. The zero-order valence-corrected chi connectivity index (χ0v) is 14.7. The fraction of sp³-hybridized carbons (Fsp3) is 0.562. The van der Waals surface area contributed by atoms with Crippen molar-refractivity contribution in [1.29, 1.82) is 0 Å². The van der Waals surface area contributed by atoms with Crippen molar-refractivity contribution in [3.05, 3.63) is 28.2 Å². The van der Waals surface area contributed by atoms with Gasteiger partial charge in [-0.15, -0.1) is 11.8 Å². The van der Waals surface area contributed by atoms with Crippen LogP contribution in [0.2, 0.25) is 0 Å². The highest BCUT2D eigenvalue weighted by Crippen LogP contribution is 2.26. The molecule has 1 saturated carbocycles. The minimum absolute atomic E-state index is 0.0418. The van der Waals surface area contributed by atoms with Crippen LogP contribution in [0.1, 0.15) is 31.2 Å². The smallest absolute Gasteiger partial charge is 0.230 e. The van der Waals surface area contributed by atoms with Gasteiger partial charge in [0, 0.05) is 21.8 Å². The fourth-order valence-corrected chi connectivity index (χ4v) is 3.96. The van der Waals surface area contributed by atoms with E-state index >= 15 is 0 Å². The van der Waals surface area contributed by atoms with Crippen molar-refractivity contribution in [3.8, 4) is 0 Å². The number of aryl methyl sites for hydroxylation is 1. The van der Waals surface area contributed by atoms with Crippen LogP contribution in [0, 0.1) is 12.8 Å². The fourth-order valence-electron chi connectivity index (χ4n) is 2.64. The van der Waals surface area contributed by atoms with Crippen LogP contribution < -0.4 is 5.32 Å². The molecule has 2 N–H and O–H groups in total. The van der Waals surface area contributed by atoms with Crippen molar-refractivity contribution in [2.24, 2.45) is 5.92 Å². The van der Waals surface area contributed by atoms with Crippen LogP contribution in [0.25, 0.3) is 0 Å². The van der Waals surface area contributed by atoms with Crippen LogP contribution >= 0.6 is 27.7 Å². The summed E-state index contributed by atoms with van der Waals surface area (Å²) < 4.78 is 1.06. The summed E-state index contributed by atoms with van der Waals surface area (Å²) >= 11 is 4.99. The number of nitrogens with one attached hydrogen (secondary N) is 1. The van der Waals surface area contributed by atoms with Gasteiger partial charge in [-0.05, 0) is 43.5 Å². The van der Waals surface area contributed by atoms with E-state index in [1.807, 2.05) is 19.1 Å². The molecule has 0 heterocycles. The van der Waals surface area contributed by atoms with Crippen LogP contribution in [0.15, 0.2) is 27.6 Å². The average Bonchev–Trinajstić information content (AvgIpc) is 2.45. The number of amides is 1.